The van der Waals surface area contributed by atoms with Crippen LogP contribution < -0.4 is 0 Å². The average Bonchev–Trinajstić information content (AvgIpc) is 3.29. The zero-order chi connectivity index (χ0) is 46.5. The van der Waals surface area contributed by atoms with Crippen LogP contribution in [0.5, 0.6) is 0 Å². The van der Waals surface area contributed by atoms with Gasteiger partial charge in [0.05, 0.1) is 6.42 Å². The number of hydrogen-bond acceptors (Lipinski definition) is 6. The molecule has 0 aromatic carbocycles. The molecule has 64 heavy (non-hydrogen) atoms. The molecule has 0 heterocycles. The van der Waals surface area contributed by atoms with Gasteiger partial charge in [-0.05, 0) is 83.5 Å². The molecule has 0 saturated carbocycles. The molecule has 0 aromatic heterocycles. The molecule has 0 aromatic rings. The Balaban J connectivity index is 4.46. The van der Waals surface area contributed by atoms with Crippen molar-refractivity contribution in [2.24, 2.45) is 0 Å². The summed E-state index contributed by atoms with van der Waals surface area (Å²) in [4.78, 5) is 37.9. The topological polar surface area (TPSA) is 78.9 Å². The van der Waals surface area contributed by atoms with Crippen LogP contribution in [-0.2, 0) is 28.6 Å². The van der Waals surface area contributed by atoms with Gasteiger partial charge in [0.25, 0.3) is 0 Å². The molecule has 0 fully saturated rings. The van der Waals surface area contributed by atoms with Crippen molar-refractivity contribution in [2.75, 3.05) is 13.2 Å². The van der Waals surface area contributed by atoms with E-state index >= 15 is 0 Å². The van der Waals surface area contributed by atoms with Gasteiger partial charge in [-0.3, -0.25) is 14.4 Å². The predicted molar refractivity (Wildman–Crippen MR) is 274 cm³/mol. The van der Waals surface area contributed by atoms with Crippen LogP contribution >= 0.6 is 0 Å². The normalized spacial score (nSPS) is 12.9. The highest BCUT2D eigenvalue weighted by Gasteiger charge is 2.19. The number of hydrogen-bond donors (Lipinski definition) is 0. The van der Waals surface area contributed by atoms with E-state index in [0.717, 1.165) is 96.3 Å². The van der Waals surface area contributed by atoms with E-state index in [9.17, 15) is 14.4 Å². The summed E-state index contributed by atoms with van der Waals surface area (Å²) in [6.45, 7) is 6.40. The minimum Gasteiger partial charge on any atom is -0.462 e. The molecule has 0 spiro atoms. The summed E-state index contributed by atoms with van der Waals surface area (Å²) in [7, 11) is 0. The Labute approximate surface area is 394 Å². The summed E-state index contributed by atoms with van der Waals surface area (Å²) in [6.07, 6.45) is 68.5. The third kappa shape index (κ3) is 49.3. The van der Waals surface area contributed by atoms with Crippen molar-refractivity contribution in [3.05, 3.63) is 97.2 Å². The van der Waals surface area contributed by atoms with Gasteiger partial charge in [0, 0.05) is 12.8 Å². The Hall–Kier alpha value is -3.67. The van der Waals surface area contributed by atoms with Crippen LogP contribution in [0.4, 0.5) is 0 Å². The van der Waals surface area contributed by atoms with Gasteiger partial charge in [0.15, 0.2) is 6.10 Å². The lowest BCUT2D eigenvalue weighted by Gasteiger charge is -2.18. The molecule has 6 nitrogen and oxygen atoms in total. The molecular formula is C58H96O6. The molecule has 0 aliphatic heterocycles. The van der Waals surface area contributed by atoms with E-state index in [-0.39, 0.29) is 31.6 Å². The molecule has 0 radical (unpaired) electrons. The molecule has 0 aliphatic rings. The third-order valence-corrected chi connectivity index (χ3v) is 10.9. The van der Waals surface area contributed by atoms with Crippen LogP contribution in [0.1, 0.15) is 233 Å². The fraction of sp³-hybridized carbons (Fsp3) is 0.672. The second kappa shape index (κ2) is 52.0. The van der Waals surface area contributed by atoms with E-state index in [2.05, 4.69) is 106 Å². The van der Waals surface area contributed by atoms with Crippen molar-refractivity contribution in [3.63, 3.8) is 0 Å². The molecule has 0 amide bonds. The minimum absolute atomic E-state index is 0.0929. The Kier molecular flexibility index (Phi) is 49.0. The van der Waals surface area contributed by atoms with E-state index in [1.54, 1.807) is 6.08 Å². The third-order valence-electron chi connectivity index (χ3n) is 10.9. The largest absolute Gasteiger partial charge is 0.462 e. The van der Waals surface area contributed by atoms with Crippen molar-refractivity contribution in [2.45, 2.75) is 239 Å². The highest BCUT2D eigenvalue weighted by molar-refractivity contribution is 5.72. The summed E-state index contributed by atoms with van der Waals surface area (Å²) in [6, 6.07) is 0. The van der Waals surface area contributed by atoms with Gasteiger partial charge < -0.3 is 14.2 Å². The molecule has 1 atom stereocenters. The average molecular weight is 889 g/mol. The molecule has 6 heteroatoms. The highest BCUT2D eigenvalue weighted by Crippen LogP contribution is 2.13. The van der Waals surface area contributed by atoms with Crippen molar-refractivity contribution < 1.29 is 28.6 Å². The van der Waals surface area contributed by atoms with Crippen LogP contribution in [0.2, 0.25) is 0 Å². The fourth-order valence-electron chi connectivity index (χ4n) is 6.94. The van der Waals surface area contributed by atoms with E-state index in [1.165, 1.54) is 96.3 Å². The number of carbonyl (C=O) groups excluding carboxylic acids is 3. The molecule has 0 aliphatic carbocycles. The zero-order valence-corrected chi connectivity index (χ0v) is 41.5. The molecule has 0 saturated heterocycles. The number of allylic oxidation sites excluding steroid dienone is 15. The fourth-order valence-corrected chi connectivity index (χ4v) is 6.94. The first-order chi connectivity index (χ1) is 31.5. The predicted octanol–water partition coefficient (Wildman–Crippen LogP) is 17.4. The maximum atomic E-state index is 12.7. The number of unbranched alkanes of at least 4 members (excludes halogenated alkanes) is 20. The Morgan fingerprint density at radius 1 is 0.344 bits per heavy atom. The van der Waals surface area contributed by atoms with E-state index in [1.807, 2.05) is 6.08 Å². The molecular weight excluding hydrogens is 793 g/mol. The lowest BCUT2D eigenvalue weighted by molar-refractivity contribution is -0.166. The summed E-state index contributed by atoms with van der Waals surface area (Å²) < 4.78 is 16.7. The number of ether oxygens (including phenoxy) is 3. The molecule has 0 rings (SSSR count). The maximum Gasteiger partial charge on any atom is 0.310 e. The van der Waals surface area contributed by atoms with Gasteiger partial charge in [0.2, 0.25) is 0 Å². The van der Waals surface area contributed by atoms with Crippen LogP contribution in [-0.4, -0.2) is 37.2 Å². The standard InChI is InChI=1S/C58H96O6/c1-4-7-10-13-16-19-22-24-26-27-28-29-30-31-33-34-36-39-42-45-48-51-57(60)63-54-55(53-62-56(59)50-47-44-41-38-21-18-15-12-9-6-3)64-58(61)52-49-46-43-40-37-35-32-25-23-20-17-14-11-8-5-2/h8,11,17,20,22,24-25,27-28,30-32,37,40,46,49,55H,4-7,9-10,12-16,18-19,21,23,26,29,33-36,38-39,41-45,47-48,50-54H2,1-3H3/b11-8-,20-17-,24-22-,28-27-,31-30-,32-25-,40-37-,49-46-. The number of esters is 3. The SMILES string of the molecule is CC/C=C\C/C=C\C/C=C\C/C=C\C/C=C\CC(=O)OC(COC(=O)CCCCCCCC/C=C\C/C=C\C/C=C\CCCCCCC)COC(=O)CCCCCCCCCCCC. The summed E-state index contributed by atoms with van der Waals surface area (Å²) in [5.41, 5.74) is 0. The smallest absolute Gasteiger partial charge is 0.310 e. The van der Waals surface area contributed by atoms with Gasteiger partial charge in [-0.2, -0.15) is 0 Å². The van der Waals surface area contributed by atoms with Gasteiger partial charge in [-0.15, -0.1) is 0 Å². The van der Waals surface area contributed by atoms with Crippen LogP contribution in [0.15, 0.2) is 97.2 Å². The van der Waals surface area contributed by atoms with Gasteiger partial charge in [-0.25, -0.2) is 0 Å². The zero-order valence-electron chi connectivity index (χ0n) is 41.5. The summed E-state index contributed by atoms with van der Waals surface area (Å²) >= 11 is 0. The van der Waals surface area contributed by atoms with Crippen molar-refractivity contribution in [3.8, 4) is 0 Å². The quantitative estimate of drug-likeness (QED) is 0.0262. The summed E-state index contributed by atoms with van der Waals surface area (Å²) in [5.74, 6) is -1.07. The number of rotatable bonds is 46. The minimum atomic E-state index is -0.835. The Morgan fingerprint density at radius 3 is 1.03 bits per heavy atom. The first-order valence-corrected chi connectivity index (χ1v) is 26.2. The van der Waals surface area contributed by atoms with E-state index in [4.69, 9.17) is 14.2 Å². The van der Waals surface area contributed by atoms with Gasteiger partial charge in [0.1, 0.15) is 13.2 Å². The van der Waals surface area contributed by atoms with E-state index < -0.39 is 12.1 Å². The van der Waals surface area contributed by atoms with Crippen LogP contribution in [0.25, 0.3) is 0 Å². The molecule has 364 valence electrons. The number of carbonyl (C=O) groups is 3. The molecule has 0 N–H and O–H groups in total. The Morgan fingerprint density at radius 2 is 0.656 bits per heavy atom. The van der Waals surface area contributed by atoms with Crippen molar-refractivity contribution >= 4 is 17.9 Å². The first-order valence-electron chi connectivity index (χ1n) is 26.2. The van der Waals surface area contributed by atoms with Crippen LogP contribution in [0.3, 0.4) is 0 Å². The molecule has 0 bridgehead atoms. The maximum absolute atomic E-state index is 12.7. The van der Waals surface area contributed by atoms with Crippen LogP contribution in [0, 0.1) is 0 Å². The second-order valence-electron chi connectivity index (χ2n) is 17.1. The van der Waals surface area contributed by atoms with Crippen molar-refractivity contribution in [1.29, 1.82) is 0 Å². The van der Waals surface area contributed by atoms with Gasteiger partial charge >= 0.3 is 17.9 Å². The second-order valence-corrected chi connectivity index (χ2v) is 17.1. The lowest BCUT2D eigenvalue weighted by atomic mass is 10.1. The summed E-state index contributed by atoms with van der Waals surface area (Å²) in [5, 5.41) is 0. The highest BCUT2D eigenvalue weighted by atomic mass is 16.6. The van der Waals surface area contributed by atoms with E-state index in [0.29, 0.717) is 12.8 Å². The monoisotopic (exact) mass is 889 g/mol. The lowest BCUT2D eigenvalue weighted by Crippen LogP contribution is -2.30. The van der Waals surface area contributed by atoms with Gasteiger partial charge in [-0.1, -0.05) is 227 Å². The molecule has 1 unspecified atom stereocenters. The Bertz CT molecular complexity index is 1300. The first kappa shape index (κ1) is 60.3. The van der Waals surface area contributed by atoms with Crippen molar-refractivity contribution in [1.82, 2.24) is 0 Å².